The van der Waals surface area contributed by atoms with Gasteiger partial charge in [-0.1, -0.05) is 32.0 Å². The maximum Gasteiger partial charge on any atom is 0.355 e. The molecule has 2 rings (SSSR count). The highest BCUT2D eigenvalue weighted by atomic mass is 16.5. The maximum atomic E-state index is 12.1. The number of carbonyl (C=O) groups excluding carboxylic acids is 3. The molecule has 0 saturated heterocycles. The van der Waals surface area contributed by atoms with E-state index in [-0.39, 0.29) is 11.6 Å². The molecule has 1 aromatic heterocycles. The second kappa shape index (κ2) is 8.98. The summed E-state index contributed by atoms with van der Waals surface area (Å²) in [7, 11) is 1.23. The van der Waals surface area contributed by atoms with E-state index < -0.39 is 36.1 Å². The van der Waals surface area contributed by atoms with E-state index in [1.807, 2.05) is 13.8 Å². The highest BCUT2D eigenvalue weighted by Gasteiger charge is 2.23. The fourth-order valence-corrected chi connectivity index (χ4v) is 2.59. The molecule has 144 valence electrons. The summed E-state index contributed by atoms with van der Waals surface area (Å²) >= 11 is 0. The van der Waals surface area contributed by atoms with Crippen LogP contribution >= 0.6 is 0 Å². The first-order valence-electron chi connectivity index (χ1n) is 8.48. The number of pyridine rings is 1. The van der Waals surface area contributed by atoms with Gasteiger partial charge in [0.2, 0.25) is 0 Å². The van der Waals surface area contributed by atoms with Crippen LogP contribution in [0.3, 0.4) is 0 Å². The van der Waals surface area contributed by atoms with Gasteiger partial charge in [0.25, 0.3) is 11.5 Å². The highest BCUT2D eigenvalue weighted by molar-refractivity contribution is 5.94. The highest BCUT2D eigenvalue weighted by Crippen LogP contribution is 2.10. The summed E-state index contributed by atoms with van der Waals surface area (Å²) in [5.74, 6) is -1.89. The molecule has 0 fully saturated rings. The molecule has 27 heavy (non-hydrogen) atoms. The van der Waals surface area contributed by atoms with E-state index in [0.29, 0.717) is 17.2 Å². The van der Waals surface area contributed by atoms with Crippen LogP contribution in [0.2, 0.25) is 0 Å². The summed E-state index contributed by atoms with van der Waals surface area (Å²) in [6.07, 6.45) is 0.393. The number of benzene rings is 1. The van der Waals surface area contributed by atoms with E-state index in [4.69, 9.17) is 4.74 Å². The summed E-state index contributed by atoms with van der Waals surface area (Å²) in [4.78, 5) is 50.3. The van der Waals surface area contributed by atoms with Crippen molar-refractivity contribution in [2.75, 3.05) is 13.7 Å². The molecule has 0 radical (unpaired) electrons. The number of hydrogen-bond donors (Lipinski definition) is 2. The lowest BCUT2D eigenvalue weighted by Gasteiger charge is -2.18. The minimum Gasteiger partial charge on any atom is -0.467 e. The van der Waals surface area contributed by atoms with Gasteiger partial charge in [0.05, 0.1) is 7.11 Å². The number of ether oxygens (including phenoxy) is 2. The molecule has 1 aromatic carbocycles. The average molecular weight is 374 g/mol. The summed E-state index contributed by atoms with van der Waals surface area (Å²) in [5, 5.41) is 3.51. The zero-order valence-corrected chi connectivity index (χ0v) is 15.4. The fourth-order valence-electron chi connectivity index (χ4n) is 2.59. The van der Waals surface area contributed by atoms with Gasteiger partial charge in [0.15, 0.2) is 6.61 Å². The molecule has 0 bridgehead atoms. The van der Waals surface area contributed by atoms with Gasteiger partial charge in [-0.3, -0.25) is 9.59 Å². The molecule has 0 aliphatic rings. The Balaban J connectivity index is 2.01. The molecule has 8 heteroatoms. The number of rotatable bonds is 7. The number of amides is 1. The fraction of sp³-hybridized carbons (Fsp3) is 0.368. The van der Waals surface area contributed by atoms with Crippen molar-refractivity contribution in [3.8, 4) is 0 Å². The number of aromatic amines is 1. The van der Waals surface area contributed by atoms with E-state index >= 15 is 0 Å². The SMILES string of the molecule is COC(=O)[C@H](CC(C)C)NC(=O)COC(=O)c1cc2ccccc2c(=O)[nH]1. The normalized spacial score (nSPS) is 11.9. The van der Waals surface area contributed by atoms with Crippen molar-refractivity contribution >= 4 is 28.6 Å². The van der Waals surface area contributed by atoms with E-state index in [0.717, 1.165) is 0 Å². The second-order valence-corrected chi connectivity index (χ2v) is 6.45. The van der Waals surface area contributed by atoms with Gasteiger partial charge in [-0.05, 0) is 29.9 Å². The average Bonchev–Trinajstić information content (AvgIpc) is 2.64. The Labute approximate surface area is 155 Å². The lowest BCUT2D eigenvalue weighted by atomic mass is 10.0. The predicted octanol–water partition coefficient (Wildman–Crippen LogP) is 1.39. The van der Waals surface area contributed by atoms with E-state index in [9.17, 15) is 19.2 Å². The van der Waals surface area contributed by atoms with Crippen LogP contribution < -0.4 is 10.9 Å². The number of aromatic nitrogens is 1. The summed E-state index contributed by atoms with van der Waals surface area (Å²) < 4.78 is 9.60. The van der Waals surface area contributed by atoms with Crippen LogP contribution in [0, 0.1) is 5.92 Å². The smallest absolute Gasteiger partial charge is 0.355 e. The topological polar surface area (TPSA) is 115 Å². The number of esters is 2. The van der Waals surface area contributed by atoms with Gasteiger partial charge in [-0.2, -0.15) is 0 Å². The summed E-state index contributed by atoms with van der Waals surface area (Å²) in [5.41, 5.74) is -0.481. The van der Waals surface area contributed by atoms with Gasteiger partial charge in [-0.25, -0.2) is 9.59 Å². The van der Waals surface area contributed by atoms with Crippen LogP contribution in [-0.2, 0) is 19.1 Å². The Hall–Kier alpha value is -3.16. The third-order valence-corrected chi connectivity index (χ3v) is 3.84. The first kappa shape index (κ1) is 20.2. The van der Waals surface area contributed by atoms with Crippen LogP contribution in [-0.4, -0.2) is 42.6 Å². The van der Waals surface area contributed by atoms with Crippen LogP contribution in [0.1, 0.15) is 30.8 Å². The van der Waals surface area contributed by atoms with Gasteiger partial charge in [-0.15, -0.1) is 0 Å². The molecular weight excluding hydrogens is 352 g/mol. The van der Waals surface area contributed by atoms with E-state index in [2.05, 4.69) is 15.0 Å². The number of fused-ring (bicyclic) bond motifs is 1. The largest absolute Gasteiger partial charge is 0.467 e. The van der Waals surface area contributed by atoms with E-state index in [1.54, 1.807) is 24.3 Å². The van der Waals surface area contributed by atoms with Gasteiger partial charge in [0, 0.05) is 5.39 Å². The summed E-state index contributed by atoms with van der Waals surface area (Å²) in [6.45, 7) is 3.22. The molecule has 1 heterocycles. The maximum absolute atomic E-state index is 12.1. The van der Waals surface area contributed by atoms with Crippen molar-refractivity contribution in [1.29, 1.82) is 0 Å². The predicted molar refractivity (Wildman–Crippen MR) is 98.3 cm³/mol. The number of H-pyrrole nitrogens is 1. The second-order valence-electron chi connectivity index (χ2n) is 6.45. The molecule has 0 saturated carbocycles. The van der Waals surface area contributed by atoms with Crippen LogP contribution in [0.5, 0.6) is 0 Å². The van der Waals surface area contributed by atoms with Gasteiger partial charge in [0.1, 0.15) is 11.7 Å². The number of carbonyl (C=O) groups is 3. The van der Waals surface area contributed by atoms with Crippen LogP contribution in [0.4, 0.5) is 0 Å². The monoisotopic (exact) mass is 374 g/mol. The molecule has 1 atom stereocenters. The quantitative estimate of drug-likeness (QED) is 0.708. The molecule has 2 N–H and O–H groups in total. The minimum atomic E-state index is -0.841. The molecule has 0 aliphatic heterocycles. The number of nitrogens with one attached hydrogen (secondary N) is 2. The lowest BCUT2D eigenvalue weighted by molar-refractivity contribution is -0.145. The third-order valence-electron chi connectivity index (χ3n) is 3.84. The molecule has 0 spiro atoms. The van der Waals surface area contributed by atoms with Crippen molar-refractivity contribution in [2.45, 2.75) is 26.3 Å². The van der Waals surface area contributed by atoms with Crippen molar-refractivity contribution in [2.24, 2.45) is 5.92 Å². The Morgan fingerprint density at radius 1 is 1.19 bits per heavy atom. The number of methoxy groups -OCH3 is 1. The van der Waals surface area contributed by atoms with Crippen molar-refractivity contribution < 1.29 is 23.9 Å². The molecule has 1 amide bonds. The van der Waals surface area contributed by atoms with E-state index in [1.165, 1.54) is 13.2 Å². The standard InChI is InChI=1S/C19H22N2O6/c1-11(2)8-14(18(24)26-3)20-16(22)10-27-19(25)15-9-12-6-4-5-7-13(12)17(23)21-15/h4-7,9,11,14H,8,10H2,1-3H3,(H,20,22)(H,21,23)/t14-/m0/s1. The molecule has 2 aromatic rings. The zero-order valence-electron chi connectivity index (χ0n) is 15.4. The first-order chi connectivity index (χ1) is 12.8. The third kappa shape index (κ3) is 5.40. The van der Waals surface area contributed by atoms with Crippen molar-refractivity contribution in [3.05, 3.63) is 46.4 Å². The summed E-state index contributed by atoms with van der Waals surface area (Å²) in [6, 6.07) is 7.45. The Kier molecular flexibility index (Phi) is 6.70. The Morgan fingerprint density at radius 3 is 2.56 bits per heavy atom. The molecule has 8 nitrogen and oxygen atoms in total. The number of hydrogen-bond acceptors (Lipinski definition) is 6. The first-order valence-corrected chi connectivity index (χ1v) is 8.48. The molecule has 0 unspecified atom stereocenters. The molecular formula is C19H22N2O6. The minimum absolute atomic E-state index is 0.0572. The van der Waals surface area contributed by atoms with Crippen LogP contribution in [0.25, 0.3) is 10.8 Å². The van der Waals surface area contributed by atoms with Crippen LogP contribution in [0.15, 0.2) is 35.1 Å². The van der Waals surface area contributed by atoms with Gasteiger partial charge < -0.3 is 19.8 Å². The lowest BCUT2D eigenvalue weighted by Crippen LogP contribution is -2.44. The Morgan fingerprint density at radius 2 is 1.89 bits per heavy atom. The van der Waals surface area contributed by atoms with Crippen molar-refractivity contribution in [1.82, 2.24) is 10.3 Å². The Bertz CT molecular complexity index is 902. The molecule has 0 aliphatic carbocycles. The van der Waals surface area contributed by atoms with Crippen molar-refractivity contribution in [3.63, 3.8) is 0 Å². The van der Waals surface area contributed by atoms with Gasteiger partial charge >= 0.3 is 11.9 Å². The zero-order chi connectivity index (χ0) is 20.0.